The van der Waals surface area contributed by atoms with E-state index < -0.39 is 0 Å². The van der Waals surface area contributed by atoms with Gasteiger partial charge in [-0.05, 0) is 60.8 Å². The van der Waals surface area contributed by atoms with Crippen LogP contribution in [0.2, 0.25) is 0 Å². The van der Waals surface area contributed by atoms with Gasteiger partial charge in [0.25, 0.3) is 5.91 Å². The van der Waals surface area contributed by atoms with Crippen LogP contribution in [0.3, 0.4) is 0 Å². The largest absolute Gasteiger partial charge is 0.496 e. The predicted molar refractivity (Wildman–Crippen MR) is 87.5 cm³/mol. The number of benzene rings is 2. The standard InChI is InChI=1S/C18H20N2O2/c1-12-3-4-14(10-17(12)22-2)18(21)20-16-6-5-13-7-8-19-11-15(13)9-16/h3-6,9-10,19H,7-8,11H2,1-2H3,(H,20,21). The number of hydrogen-bond acceptors (Lipinski definition) is 3. The summed E-state index contributed by atoms with van der Waals surface area (Å²) < 4.78 is 5.27. The Labute approximate surface area is 130 Å². The average molecular weight is 296 g/mol. The summed E-state index contributed by atoms with van der Waals surface area (Å²) in [5, 5.41) is 6.30. The number of carbonyl (C=O) groups excluding carboxylic acids is 1. The predicted octanol–water partition coefficient (Wildman–Crippen LogP) is 2.90. The number of carbonyl (C=O) groups is 1. The second kappa shape index (κ2) is 6.20. The first-order chi connectivity index (χ1) is 10.7. The van der Waals surface area contributed by atoms with Crippen molar-refractivity contribution in [1.82, 2.24) is 5.32 Å². The van der Waals surface area contributed by atoms with Crippen LogP contribution in [-0.4, -0.2) is 19.6 Å². The number of hydrogen-bond donors (Lipinski definition) is 2. The van der Waals surface area contributed by atoms with E-state index in [1.807, 2.05) is 31.2 Å². The number of amides is 1. The molecule has 2 N–H and O–H groups in total. The highest BCUT2D eigenvalue weighted by atomic mass is 16.5. The zero-order valence-corrected chi connectivity index (χ0v) is 12.9. The number of ether oxygens (including phenoxy) is 1. The van der Waals surface area contributed by atoms with E-state index in [9.17, 15) is 4.79 Å². The Morgan fingerprint density at radius 1 is 1.18 bits per heavy atom. The fourth-order valence-electron chi connectivity index (χ4n) is 2.72. The topological polar surface area (TPSA) is 50.4 Å². The minimum Gasteiger partial charge on any atom is -0.496 e. The zero-order valence-electron chi connectivity index (χ0n) is 12.9. The Balaban J connectivity index is 1.79. The summed E-state index contributed by atoms with van der Waals surface area (Å²) in [5.74, 6) is 0.601. The molecular weight excluding hydrogens is 276 g/mol. The molecule has 1 heterocycles. The van der Waals surface area contributed by atoms with Crippen LogP contribution in [0.4, 0.5) is 5.69 Å². The van der Waals surface area contributed by atoms with Crippen molar-refractivity contribution in [3.63, 3.8) is 0 Å². The lowest BCUT2D eigenvalue weighted by Gasteiger charge is -2.18. The maximum absolute atomic E-state index is 12.4. The number of aryl methyl sites for hydroxylation is 1. The van der Waals surface area contributed by atoms with E-state index in [-0.39, 0.29) is 5.91 Å². The van der Waals surface area contributed by atoms with E-state index in [1.165, 1.54) is 11.1 Å². The second-order valence-electron chi connectivity index (χ2n) is 5.55. The van der Waals surface area contributed by atoms with Gasteiger partial charge in [-0.2, -0.15) is 0 Å². The molecule has 0 unspecified atom stereocenters. The molecule has 2 aromatic rings. The van der Waals surface area contributed by atoms with Crippen molar-refractivity contribution in [2.24, 2.45) is 0 Å². The molecule has 0 aromatic heterocycles. The molecule has 4 nitrogen and oxygen atoms in total. The van der Waals surface area contributed by atoms with Crippen molar-refractivity contribution in [3.05, 3.63) is 58.7 Å². The third-order valence-corrected chi connectivity index (χ3v) is 4.02. The molecule has 2 aromatic carbocycles. The molecule has 0 saturated heterocycles. The Morgan fingerprint density at radius 2 is 2.05 bits per heavy atom. The first kappa shape index (κ1) is 14.6. The quantitative estimate of drug-likeness (QED) is 0.915. The molecule has 1 aliphatic heterocycles. The molecule has 0 atom stereocenters. The Kier molecular flexibility index (Phi) is 4.11. The van der Waals surface area contributed by atoms with Gasteiger partial charge in [0.1, 0.15) is 5.75 Å². The highest BCUT2D eigenvalue weighted by molar-refractivity contribution is 6.04. The molecule has 0 fully saturated rings. The summed E-state index contributed by atoms with van der Waals surface area (Å²) in [6.07, 6.45) is 1.04. The van der Waals surface area contributed by atoms with Gasteiger partial charge in [-0.25, -0.2) is 0 Å². The van der Waals surface area contributed by atoms with E-state index in [1.54, 1.807) is 13.2 Å². The minimum atomic E-state index is -0.123. The summed E-state index contributed by atoms with van der Waals surface area (Å²) in [6.45, 7) is 3.83. The molecular formula is C18H20N2O2. The molecule has 0 saturated carbocycles. The van der Waals surface area contributed by atoms with Crippen molar-refractivity contribution in [1.29, 1.82) is 0 Å². The number of fused-ring (bicyclic) bond motifs is 1. The van der Waals surface area contributed by atoms with Crippen molar-refractivity contribution in [3.8, 4) is 5.75 Å². The molecule has 0 bridgehead atoms. The summed E-state index contributed by atoms with van der Waals surface area (Å²) in [6, 6.07) is 11.6. The van der Waals surface area contributed by atoms with Gasteiger partial charge in [0.05, 0.1) is 7.11 Å². The summed E-state index contributed by atoms with van der Waals surface area (Å²) >= 11 is 0. The molecule has 1 amide bonds. The van der Waals surface area contributed by atoms with Crippen LogP contribution < -0.4 is 15.4 Å². The van der Waals surface area contributed by atoms with Crippen LogP contribution >= 0.6 is 0 Å². The van der Waals surface area contributed by atoms with Crippen molar-refractivity contribution < 1.29 is 9.53 Å². The zero-order chi connectivity index (χ0) is 15.5. The van der Waals surface area contributed by atoms with Gasteiger partial charge >= 0.3 is 0 Å². The number of methoxy groups -OCH3 is 1. The lowest BCUT2D eigenvalue weighted by atomic mass is 10.0. The molecule has 1 aliphatic rings. The van der Waals surface area contributed by atoms with Crippen LogP contribution in [0.5, 0.6) is 5.75 Å². The van der Waals surface area contributed by atoms with Crippen LogP contribution in [0.25, 0.3) is 0 Å². The average Bonchev–Trinajstić information content (AvgIpc) is 2.55. The maximum Gasteiger partial charge on any atom is 0.255 e. The van der Waals surface area contributed by atoms with E-state index in [0.717, 1.165) is 36.5 Å². The first-order valence-corrected chi connectivity index (χ1v) is 7.46. The van der Waals surface area contributed by atoms with E-state index in [2.05, 4.69) is 16.7 Å². The Morgan fingerprint density at radius 3 is 2.86 bits per heavy atom. The fourth-order valence-corrected chi connectivity index (χ4v) is 2.72. The highest BCUT2D eigenvalue weighted by Crippen LogP contribution is 2.22. The summed E-state index contributed by atoms with van der Waals surface area (Å²) in [5.41, 5.74) is 5.04. The lowest BCUT2D eigenvalue weighted by Crippen LogP contribution is -2.23. The van der Waals surface area contributed by atoms with Gasteiger partial charge < -0.3 is 15.4 Å². The molecule has 0 radical (unpaired) electrons. The lowest BCUT2D eigenvalue weighted by molar-refractivity contribution is 0.102. The molecule has 0 spiro atoms. The molecule has 3 rings (SSSR count). The van der Waals surface area contributed by atoms with Crippen molar-refractivity contribution in [2.75, 3.05) is 19.0 Å². The van der Waals surface area contributed by atoms with E-state index in [0.29, 0.717) is 5.56 Å². The minimum absolute atomic E-state index is 0.123. The fraction of sp³-hybridized carbons (Fsp3) is 0.278. The van der Waals surface area contributed by atoms with Crippen LogP contribution in [0.1, 0.15) is 27.0 Å². The molecule has 22 heavy (non-hydrogen) atoms. The van der Waals surface area contributed by atoms with Gasteiger partial charge in [-0.1, -0.05) is 12.1 Å². The molecule has 4 heteroatoms. The van der Waals surface area contributed by atoms with Crippen LogP contribution in [0.15, 0.2) is 36.4 Å². The number of nitrogens with one attached hydrogen (secondary N) is 2. The van der Waals surface area contributed by atoms with Crippen LogP contribution in [-0.2, 0) is 13.0 Å². The van der Waals surface area contributed by atoms with Gasteiger partial charge in [0, 0.05) is 17.8 Å². The number of anilines is 1. The second-order valence-corrected chi connectivity index (χ2v) is 5.55. The summed E-state index contributed by atoms with van der Waals surface area (Å²) in [7, 11) is 1.61. The maximum atomic E-state index is 12.4. The Bertz CT molecular complexity index is 710. The van der Waals surface area contributed by atoms with Crippen molar-refractivity contribution in [2.45, 2.75) is 19.9 Å². The first-order valence-electron chi connectivity index (χ1n) is 7.46. The normalized spacial score (nSPS) is 13.4. The Hall–Kier alpha value is -2.33. The van der Waals surface area contributed by atoms with E-state index in [4.69, 9.17) is 4.74 Å². The monoisotopic (exact) mass is 296 g/mol. The number of rotatable bonds is 3. The van der Waals surface area contributed by atoms with Gasteiger partial charge in [-0.15, -0.1) is 0 Å². The highest BCUT2D eigenvalue weighted by Gasteiger charge is 2.12. The smallest absolute Gasteiger partial charge is 0.255 e. The molecule has 114 valence electrons. The SMILES string of the molecule is COc1cc(C(=O)Nc2ccc3c(c2)CNCC3)ccc1C. The third kappa shape index (κ3) is 2.97. The molecule has 0 aliphatic carbocycles. The summed E-state index contributed by atoms with van der Waals surface area (Å²) in [4.78, 5) is 12.4. The van der Waals surface area contributed by atoms with Gasteiger partial charge in [0.2, 0.25) is 0 Å². The third-order valence-electron chi connectivity index (χ3n) is 4.02. The van der Waals surface area contributed by atoms with E-state index >= 15 is 0 Å². The van der Waals surface area contributed by atoms with Crippen LogP contribution in [0, 0.1) is 6.92 Å². The van der Waals surface area contributed by atoms with Gasteiger partial charge in [0.15, 0.2) is 0 Å². The van der Waals surface area contributed by atoms with Crippen molar-refractivity contribution >= 4 is 11.6 Å². The van der Waals surface area contributed by atoms with Gasteiger partial charge in [-0.3, -0.25) is 4.79 Å².